The molecule has 5 nitrogen and oxygen atoms in total. The number of aromatic nitrogens is 1. The lowest BCUT2D eigenvalue weighted by Gasteiger charge is -2.06. The Balaban J connectivity index is 1.97. The van der Waals surface area contributed by atoms with Crippen LogP contribution in [-0.4, -0.2) is 27.1 Å². The van der Waals surface area contributed by atoms with Gasteiger partial charge in [0.15, 0.2) is 8.68 Å². The van der Waals surface area contributed by atoms with Crippen LogP contribution in [0.15, 0.2) is 28.5 Å². The highest BCUT2D eigenvalue weighted by atomic mass is 35.5. The zero-order chi connectivity index (χ0) is 15.5. The number of nitrogens with zero attached hydrogens (tertiary/aromatic N) is 1. The summed E-state index contributed by atoms with van der Waals surface area (Å²) in [7, 11) is -1.95. The molecule has 0 aliphatic heterocycles. The summed E-state index contributed by atoms with van der Waals surface area (Å²) in [4.78, 5) is 3.91. The summed E-state index contributed by atoms with van der Waals surface area (Å²) in [6, 6.07) is 7.50. The average molecular weight is 347 g/mol. The Morgan fingerprint density at radius 3 is 2.52 bits per heavy atom. The highest BCUT2D eigenvalue weighted by Crippen LogP contribution is 2.26. The molecule has 0 bridgehead atoms. The number of thiazole rings is 1. The molecule has 0 amide bonds. The second-order valence-corrected chi connectivity index (χ2v) is 7.88. The molecule has 2 aromatic rings. The maximum atomic E-state index is 12.1. The Morgan fingerprint density at radius 2 is 2.00 bits per heavy atom. The van der Waals surface area contributed by atoms with E-state index >= 15 is 0 Å². The number of halogens is 1. The van der Waals surface area contributed by atoms with Gasteiger partial charge in [-0.25, -0.2) is 18.1 Å². The molecule has 1 aromatic carbocycles. The van der Waals surface area contributed by atoms with Crippen LogP contribution >= 0.6 is 22.9 Å². The van der Waals surface area contributed by atoms with Crippen LogP contribution in [0.3, 0.4) is 0 Å². The lowest BCUT2D eigenvalue weighted by Crippen LogP contribution is -2.25. The normalized spacial score (nSPS) is 11.6. The average Bonchev–Trinajstić information content (AvgIpc) is 2.79. The third-order valence-electron chi connectivity index (χ3n) is 2.84. The minimum atomic E-state index is -3.56. The maximum Gasteiger partial charge on any atom is 0.251 e. The number of ether oxygens (including phenoxy) is 1. The minimum Gasteiger partial charge on any atom is -0.497 e. The Hall–Kier alpha value is -1.15. The number of nitrogens with one attached hydrogen (secondary N) is 1. The molecular formula is C13H15ClN2O3S2. The summed E-state index contributed by atoms with van der Waals surface area (Å²) in [5, 5.41) is 0. The predicted molar refractivity (Wildman–Crippen MR) is 83.7 cm³/mol. The van der Waals surface area contributed by atoms with E-state index in [1.807, 2.05) is 24.3 Å². The van der Waals surface area contributed by atoms with E-state index < -0.39 is 10.0 Å². The summed E-state index contributed by atoms with van der Waals surface area (Å²) in [5.41, 5.74) is 1.44. The van der Waals surface area contributed by atoms with Gasteiger partial charge in [0.25, 0.3) is 10.0 Å². The van der Waals surface area contributed by atoms with Crippen LogP contribution in [0.25, 0.3) is 0 Å². The maximum absolute atomic E-state index is 12.1. The highest BCUT2D eigenvalue weighted by Gasteiger charge is 2.20. The van der Waals surface area contributed by atoms with Gasteiger partial charge in [-0.1, -0.05) is 35.1 Å². The molecule has 0 saturated heterocycles. The first-order valence-corrected chi connectivity index (χ1v) is 8.85. The third kappa shape index (κ3) is 4.16. The molecule has 0 spiro atoms. The van der Waals surface area contributed by atoms with E-state index in [-0.39, 0.29) is 8.68 Å². The number of hydrogen-bond acceptors (Lipinski definition) is 5. The molecule has 0 aliphatic rings. The quantitative estimate of drug-likeness (QED) is 0.873. The van der Waals surface area contributed by atoms with Crippen molar-refractivity contribution in [1.29, 1.82) is 0 Å². The Morgan fingerprint density at radius 1 is 1.33 bits per heavy atom. The summed E-state index contributed by atoms with van der Waals surface area (Å²) in [6.45, 7) is 1.93. The topological polar surface area (TPSA) is 68.3 Å². The Kier molecular flexibility index (Phi) is 5.21. The molecule has 0 atom stereocenters. The summed E-state index contributed by atoms with van der Waals surface area (Å²) in [5.74, 6) is 0.772. The zero-order valence-corrected chi connectivity index (χ0v) is 14.0. The number of methoxy groups -OCH3 is 1. The van der Waals surface area contributed by atoms with Gasteiger partial charge in [-0.05, 0) is 31.0 Å². The molecule has 2 rings (SSSR count). The van der Waals surface area contributed by atoms with E-state index in [2.05, 4.69) is 9.71 Å². The lowest BCUT2D eigenvalue weighted by molar-refractivity contribution is 0.414. The highest BCUT2D eigenvalue weighted by molar-refractivity contribution is 7.91. The van der Waals surface area contributed by atoms with Gasteiger partial charge in [0.2, 0.25) is 0 Å². The molecule has 1 N–H and O–H groups in total. The van der Waals surface area contributed by atoms with Crippen molar-refractivity contribution in [1.82, 2.24) is 9.71 Å². The summed E-state index contributed by atoms with van der Waals surface area (Å²) >= 11 is 6.69. The standard InChI is InChI=1S/C13H15ClN2O3S2/c1-9-12(20-13(14)16-9)21(17,18)15-8-7-10-3-5-11(19-2)6-4-10/h3-6,15H,7-8H2,1-2H3. The van der Waals surface area contributed by atoms with Crippen molar-refractivity contribution in [3.8, 4) is 5.75 Å². The first-order chi connectivity index (χ1) is 9.92. The molecule has 0 saturated carbocycles. The van der Waals surface area contributed by atoms with Crippen molar-refractivity contribution in [2.24, 2.45) is 0 Å². The molecule has 0 fully saturated rings. The van der Waals surface area contributed by atoms with Crippen molar-refractivity contribution in [2.75, 3.05) is 13.7 Å². The van der Waals surface area contributed by atoms with Gasteiger partial charge < -0.3 is 4.74 Å². The second kappa shape index (κ2) is 6.74. The van der Waals surface area contributed by atoms with E-state index in [9.17, 15) is 8.42 Å². The SMILES string of the molecule is COc1ccc(CCNS(=O)(=O)c2sc(Cl)nc2C)cc1. The van der Waals surface area contributed by atoms with E-state index in [4.69, 9.17) is 16.3 Å². The van der Waals surface area contributed by atoms with Crippen LogP contribution in [0.4, 0.5) is 0 Å². The minimum absolute atomic E-state index is 0.169. The van der Waals surface area contributed by atoms with E-state index in [1.54, 1.807) is 14.0 Å². The monoisotopic (exact) mass is 346 g/mol. The van der Waals surface area contributed by atoms with Crippen molar-refractivity contribution in [3.63, 3.8) is 0 Å². The molecule has 21 heavy (non-hydrogen) atoms. The van der Waals surface area contributed by atoms with E-state index in [0.29, 0.717) is 18.7 Å². The predicted octanol–water partition coefficient (Wildman–Crippen LogP) is 2.63. The van der Waals surface area contributed by atoms with Crippen molar-refractivity contribution in [3.05, 3.63) is 40.0 Å². The van der Waals surface area contributed by atoms with Gasteiger partial charge in [-0.15, -0.1) is 0 Å². The van der Waals surface area contributed by atoms with Crippen LogP contribution in [0.2, 0.25) is 4.47 Å². The molecule has 0 radical (unpaired) electrons. The van der Waals surface area contributed by atoms with Gasteiger partial charge in [0, 0.05) is 6.54 Å². The molecule has 0 unspecified atom stereocenters. The van der Waals surface area contributed by atoms with Gasteiger partial charge >= 0.3 is 0 Å². The fraction of sp³-hybridized carbons (Fsp3) is 0.308. The molecule has 1 aromatic heterocycles. The van der Waals surface area contributed by atoms with Gasteiger partial charge in [0.05, 0.1) is 12.8 Å². The fourth-order valence-electron chi connectivity index (χ4n) is 1.79. The summed E-state index contributed by atoms with van der Waals surface area (Å²) in [6.07, 6.45) is 0.592. The number of sulfonamides is 1. The van der Waals surface area contributed by atoms with Gasteiger partial charge in [-0.3, -0.25) is 0 Å². The number of benzene rings is 1. The van der Waals surface area contributed by atoms with E-state index in [0.717, 1.165) is 22.6 Å². The third-order valence-corrected chi connectivity index (χ3v) is 6.17. The van der Waals surface area contributed by atoms with Crippen LogP contribution in [0.5, 0.6) is 5.75 Å². The zero-order valence-electron chi connectivity index (χ0n) is 11.6. The van der Waals surface area contributed by atoms with Crippen LogP contribution in [0.1, 0.15) is 11.3 Å². The molecule has 114 valence electrons. The van der Waals surface area contributed by atoms with Crippen LogP contribution < -0.4 is 9.46 Å². The number of rotatable bonds is 6. The largest absolute Gasteiger partial charge is 0.497 e. The van der Waals surface area contributed by atoms with Gasteiger partial charge in [-0.2, -0.15) is 0 Å². The van der Waals surface area contributed by atoms with Crippen LogP contribution in [0, 0.1) is 6.92 Å². The molecule has 0 aliphatic carbocycles. The van der Waals surface area contributed by atoms with E-state index in [1.165, 1.54) is 0 Å². The second-order valence-electron chi connectivity index (χ2n) is 4.34. The Bertz CT molecular complexity index is 712. The smallest absolute Gasteiger partial charge is 0.251 e. The first kappa shape index (κ1) is 16.2. The van der Waals surface area contributed by atoms with Crippen molar-refractivity contribution < 1.29 is 13.2 Å². The number of hydrogen-bond donors (Lipinski definition) is 1. The van der Waals surface area contributed by atoms with Crippen LogP contribution in [-0.2, 0) is 16.4 Å². The van der Waals surface area contributed by atoms with Gasteiger partial charge in [0.1, 0.15) is 5.75 Å². The Labute approximate surface area is 133 Å². The molecular weight excluding hydrogens is 332 g/mol. The molecule has 1 heterocycles. The number of aryl methyl sites for hydroxylation is 1. The fourth-order valence-corrected chi connectivity index (χ4v) is 4.60. The first-order valence-electron chi connectivity index (χ1n) is 6.18. The summed E-state index contributed by atoms with van der Waals surface area (Å²) < 4.78 is 32.3. The lowest BCUT2D eigenvalue weighted by atomic mass is 10.1. The molecule has 8 heteroatoms. The van der Waals surface area contributed by atoms with Crippen molar-refractivity contribution in [2.45, 2.75) is 17.6 Å². The van der Waals surface area contributed by atoms with Crippen molar-refractivity contribution >= 4 is 33.0 Å².